The van der Waals surface area contributed by atoms with Crippen molar-refractivity contribution >= 4 is 28.9 Å². The molecule has 2 aromatic rings. The van der Waals surface area contributed by atoms with E-state index >= 15 is 0 Å². The fraction of sp³-hybridized carbons (Fsp3) is 0.267. The van der Waals surface area contributed by atoms with Gasteiger partial charge in [0.1, 0.15) is 5.58 Å². The zero-order valence-electron chi connectivity index (χ0n) is 11.9. The van der Waals surface area contributed by atoms with Crippen molar-refractivity contribution in [3.63, 3.8) is 0 Å². The number of carbonyl (C=O) groups excluding carboxylic acids is 3. The molecule has 1 aliphatic rings. The monoisotopic (exact) mass is 302 g/mol. The van der Waals surface area contributed by atoms with Crippen LogP contribution < -0.4 is 5.32 Å². The predicted octanol–water partition coefficient (Wildman–Crippen LogP) is 1.45. The van der Waals surface area contributed by atoms with Crippen molar-refractivity contribution < 1.29 is 23.5 Å². The van der Waals surface area contributed by atoms with E-state index in [0.717, 1.165) is 10.3 Å². The van der Waals surface area contributed by atoms with Crippen LogP contribution in [0, 0.1) is 6.92 Å². The first kappa shape index (κ1) is 14.1. The first-order valence-electron chi connectivity index (χ1n) is 6.81. The van der Waals surface area contributed by atoms with Gasteiger partial charge in [-0.25, -0.2) is 9.59 Å². The maximum Gasteiger partial charge on any atom is 0.375 e. The summed E-state index contributed by atoms with van der Waals surface area (Å²) in [5.41, 5.74) is 1.24. The molecule has 0 spiro atoms. The smallest absolute Gasteiger partial charge is 0.375 e. The molecule has 2 heterocycles. The number of para-hydroxylation sites is 1. The zero-order valence-corrected chi connectivity index (χ0v) is 11.9. The van der Waals surface area contributed by atoms with E-state index in [0.29, 0.717) is 17.7 Å². The highest BCUT2D eigenvalue weighted by molar-refractivity contribution is 5.99. The van der Waals surface area contributed by atoms with Gasteiger partial charge in [-0.1, -0.05) is 18.2 Å². The molecule has 0 atom stereocenters. The minimum atomic E-state index is -0.721. The number of furan rings is 1. The van der Waals surface area contributed by atoms with Crippen LogP contribution in [0.2, 0.25) is 0 Å². The second kappa shape index (κ2) is 5.51. The van der Waals surface area contributed by atoms with Gasteiger partial charge in [-0.15, -0.1) is 0 Å². The van der Waals surface area contributed by atoms with Gasteiger partial charge in [-0.2, -0.15) is 0 Å². The third-order valence-corrected chi connectivity index (χ3v) is 3.51. The first-order valence-corrected chi connectivity index (χ1v) is 6.81. The molecule has 0 saturated carbocycles. The number of imide groups is 1. The summed E-state index contributed by atoms with van der Waals surface area (Å²) in [5, 5.41) is 3.32. The Kier molecular flexibility index (Phi) is 3.54. The summed E-state index contributed by atoms with van der Waals surface area (Å²) in [6.07, 6.45) is 0. The Balaban J connectivity index is 1.70. The van der Waals surface area contributed by atoms with E-state index in [1.165, 1.54) is 0 Å². The predicted molar refractivity (Wildman–Crippen MR) is 76.3 cm³/mol. The minimum Gasteiger partial charge on any atom is -0.450 e. The Morgan fingerprint density at radius 1 is 1.36 bits per heavy atom. The van der Waals surface area contributed by atoms with Crippen LogP contribution in [0.15, 0.2) is 28.7 Å². The van der Waals surface area contributed by atoms with E-state index in [1.54, 1.807) is 19.1 Å². The summed E-state index contributed by atoms with van der Waals surface area (Å²) in [6, 6.07) is 6.76. The number of carbonyl (C=O) groups is 3. The topological polar surface area (TPSA) is 88.9 Å². The van der Waals surface area contributed by atoms with Crippen LogP contribution in [-0.4, -0.2) is 42.5 Å². The quantitative estimate of drug-likeness (QED) is 0.867. The molecule has 114 valence electrons. The van der Waals surface area contributed by atoms with Gasteiger partial charge in [0.05, 0.1) is 0 Å². The molecule has 7 heteroatoms. The highest BCUT2D eigenvalue weighted by atomic mass is 16.5. The Hall–Kier alpha value is -2.83. The number of aryl methyl sites for hydroxylation is 1. The van der Waals surface area contributed by atoms with Gasteiger partial charge in [0.2, 0.25) is 5.76 Å². The van der Waals surface area contributed by atoms with Crippen molar-refractivity contribution in [3.05, 3.63) is 35.6 Å². The fourth-order valence-electron chi connectivity index (χ4n) is 2.35. The number of ether oxygens (including phenoxy) is 1. The van der Waals surface area contributed by atoms with Crippen LogP contribution in [0.4, 0.5) is 4.79 Å². The van der Waals surface area contributed by atoms with Gasteiger partial charge in [0.25, 0.3) is 5.91 Å². The Bertz CT molecular complexity index is 764. The summed E-state index contributed by atoms with van der Waals surface area (Å²) in [6.45, 7) is 1.93. The van der Waals surface area contributed by atoms with E-state index in [4.69, 9.17) is 9.15 Å². The summed E-state index contributed by atoms with van der Waals surface area (Å²) in [4.78, 5) is 36.2. The third-order valence-electron chi connectivity index (χ3n) is 3.51. The highest BCUT2D eigenvalue weighted by Crippen LogP contribution is 2.25. The summed E-state index contributed by atoms with van der Waals surface area (Å²) in [7, 11) is 0. The highest BCUT2D eigenvalue weighted by Gasteiger charge is 2.27. The molecule has 0 bridgehead atoms. The molecule has 0 aliphatic carbocycles. The van der Waals surface area contributed by atoms with Gasteiger partial charge in [-0.3, -0.25) is 9.69 Å². The normalized spacial score (nSPS) is 14.2. The van der Waals surface area contributed by atoms with Crippen LogP contribution >= 0.6 is 0 Å². The number of hydrogen-bond acceptors (Lipinski definition) is 5. The summed E-state index contributed by atoms with van der Waals surface area (Å²) < 4.78 is 10.4. The maximum absolute atomic E-state index is 12.0. The summed E-state index contributed by atoms with van der Waals surface area (Å²) in [5.74, 6) is -1.21. The number of urea groups is 1. The number of fused-ring (bicyclic) bond motifs is 1. The molecule has 1 aliphatic heterocycles. The lowest BCUT2D eigenvalue weighted by Gasteiger charge is -2.11. The lowest BCUT2D eigenvalue weighted by molar-refractivity contribution is -0.130. The van der Waals surface area contributed by atoms with E-state index in [9.17, 15) is 14.4 Å². The van der Waals surface area contributed by atoms with Gasteiger partial charge in [0.15, 0.2) is 6.61 Å². The van der Waals surface area contributed by atoms with Gasteiger partial charge >= 0.3 is 12.0 Å². The second-order valence-corrected chi connectivity index (χ2v) is 4.91. The number of rotatable bonds is 3. The van der Waals surface area contributed by atoms with Crippen LogP contribution in [0.25, 0.3) is 11.0 Å². The van der Waals surface area contributed by atoms with Crippen molar-refractivity contribution in [1.29, 1.82) is 0 Å². The molecular formula is C15H14N2O5. The average Bonchev–Trinajstić information content (AvgIpc) is 3.09. The second-order valence-electron chi connectivity index (χ2n) is 4.91. The minimum absolute atomic E-state index is 0.0693. The zero-order chi connectivity index (χ0) is 15.7. The number of hydrogen-bond donors (Lipinski definition) is 1. The number of nitrogens with one attached hydrogen (secondary N) is 1. The lowest BCUT2D eigenvalue weighted by atomic mass is 10.1. The Morgan fingerprint density at radius 2 is 2.14 bits per heavy atom. The maximum atomic E-state index is 12.0. The number of nitrogens with zero attached hydrogens (tertiary/aromatic N) is 1. The van der Waals surface area contributed by atoms with E-state index in [-0.39, 0.29) is 12.3 Å². The Labute approximate surface area is 125 Å². The van der Waals surface area contributed by atoms with Crippen molar-refractivity contribution in [1.82, 2.24) is 10.2 Å². The average molecular weight is 302 g/mol. The van der Waals surface area contributed by atoms with Crippen LogP contribution in [0.5, 0.6) is 0 Å². The SMILES string of the molecule is Cc1c(C(=O)OCC(=O)N2CCNC2=O)oc2ccccc12. The van der Waals surface area contributed by atoms with E-state index in [1.807, 2.05) is 12.1 Å². The molecular weight excluding hydrogens is 288 g/mol. The number of esters is 1. The van der Waals surface area contributed by atoms with Gasteiger partial charge in [0, 0.05) is 24.0 Å². The third kappa shape index (κ3) is 2.41. The van der Waals surface area contributed by atoms with Gasteiger partial charge in [-0.05, 0) is 13.0 Å². The molecule has 22 heavy (non-hydrogen) atoms. The van der Waals surface area contributed by atoms with Crippen molar-refractivity contribution in [2.45, 2.75) is 6.92 Å². The molecule has 3 rings (SSSR count). The fourth-order valence-corrected chi connectivity index (χ4v) is 2.35. The number of amides is 3. The van der Waals surface area contributed by atoms with E-state index in [2.05, 4.69) is 5.32 Å². The van der Waals surface area contributed by atoms with Gasteiger partial charge < -0.3 is 14.5 Å². The molecule has 0 radical (unpaired) electrons. The largest absolute Gasteiger partial charge is 0.450 e. The standard InChI is InChI=1S/C15H14N2O5/c1-9-10-4-2-3-5-11(10)22-13(9)14(19)21-8-12(18)17-7-6-16-15(17)20/h2-5H,6-8H2,1H3,(H,16,20). The first-order chi connectivity index (χ1) is 10.6. The lowest BCUT2D eigenvalue weighted by Crippen LogP contribution is -2.37. The van der Waals surface area contributed by atoms with Crippen molar-refractivity contribution in [2.75, 3.05) is 19.7 Å². The van der Waals surface area contributed by atoms with Crippen LogP contribution in [-0.2, 0) is 9.53 Å². The molecule has 1 aromatic carbocycles. The molecule has 1 saturated heterocycles. The Morgan fingerprint density at radius 3 is 2.82 bits per heavy atom. The molecule has 0 unspecified atom stereocenters. The van der Waals surface area contributed by atoms with Crippen LogP contribution in [0.1, 0.15) is 16.1 Å². The number of benzene rings is 1. The summed E-state index contributed by atoms with van der Waals surface area (Å²) >= 11 is 0. The van der Waals surface area contributed by atoms with Crippen LogP contribution in [0.3, 0.4) is 0 Å². The molecule has 7 nitrogen and oxygen atoms in total. The molecule has 1 N–H and O–H groups in total. The van der Waals surface area contributed by atoms with Crippen molar-refractivity contribution in [2.24, 2.45) is 0 Å². The van der Waals surface area contributed by atoms with E-state index < -0.39 is 24.5 Å². The van der Waals surface area contributed by atoms with Crippen molar-refractivity contribution in [3.8, 4) is 0 Å². The molecule has 1 aromatic heterocycles. The molecule has 3 amide bonds. The molecule has 1 fully saturated rings.